The van der Waals surface area contributed by atoms with Crippen LogP contribution in [-0.2, 0) is 5.79 Å². The van der Waals surface area contributed by atoms with Crippen molar-refractivity contribution in [3.05, 3.63) is 125 Å². The lowest BCUT2D eigenvalue weighted by atomic mass is 9.97. The summed E-state index contributed by atoms with van der Waals surface area (Å²) in [6.07, 6.45) is 2.09. The Morgan fingerprint density at radius 2 is 1.41 bits per heavy atom. The van der Waals surface area contributed by atoms with Crippen molar-refractivity contribution in [1.29, 1.82) is 0 Å². The second-order valence-electron chi connectivity index (χ2n) is 7.44. The maximum absolute atomic E-state index is 12.1. The molecular weight excluding hydrogens is 406 g/mol. The minimum absolute atomic E-state index is 0.0839. The zero-order valence-corrected chi connectivity index (χ0v) is 16.9. The first-order valence-corrected chi connectivity index (χ1v) is 10.1. The Hall–Kier alpha value is -4.16. The van der Waals surface area contributed by atoms with Crippen LogP contribution in [-0.4, -0.2) is 21.2 Å². The molecule has 32 heavy (non-hydrogen) atoms. The minimum Gasteiger partial charge on any atom is -0.478 e. The molecule has 0 radical (unpaired) electrons. The van der Waals surface area contributed by atoms with Crippen molar-refractivity contribution in [2.24, 2.45) is 0 Å². The number of hydrogen-bond donors (Lipinski definition) is 2. The number of hydrogen-bond acceptors (Lipinski definition) is 5. The molecule has 0 fully saturated rings. The van der Waals surface area contributed by atoms with Crippen LogP contribution >= 0.6 is 0 Å². The molecule has 5 rings (SSSR count). The Morgan fingerprint density at radius 3 is 1.97 bits per heavy atom. The van der Waals surface area contributed by atoms with Crippen molar-refractivity contribution in [1.82, 2.24) is 4.98 Å². The highest BCUT2D eigenvalue weighted by atomic mass is 16.7. The monoisotopic (exact) mass is 425 g/mol. The lowest BCUT2D eigenvalue weighted by molar-refractivity contribution is -0.0462. The van der Waals surface area contributed by atoms with Gasteiger partial charge in [0.25, 0.3) is 0 Å². The summed E-state index contributed by atoms with van der Waals surface area (Å²) in [6, 6.07) is 25.1. The SMILES string of the molecule is O=C(O)c1cc(C(O)c2ccncc2)cc2c1OC(c1ccccc1)(c1ccccc1)O2. The van der Waals surface area contributed by atoms with Gasteiger partial charge in [0.1, 0.15) is 11.7 Å². The number of aliphatic hydroxyl groups excluding tert-OH is 1. The van der Waals surface area contributed by atoms with Gasteiger partial charge < -0.3 is 19.7 Å². The molecule has 4 aromatic rings. The van der Waals surface area contributed by atoms with Crippen LogP contribution in [0.25, 0.3) is 0 Å². The number of carbonyl (C=O) groups is 1. The number of rotatable bonds is 5. The number of nitrogens with zero attached hydrogens (tertiary/aromatic N) is 1. The van der Waals surface area contributed by atoms with Crippen LogP contribution in [0, 0.1) is 0 Å². The van der Waals surface area contributed by atoms with Crippen LogP contribution in [0.1, 0.15) is 38.7 Å². The molecular formula is C26H19NO5. The molecule has 0 amide bonds. The highest BCUT2D eigenvalue weighted by Gasteiger charge is 2.47. The Labute approximate surface area is 184 Å². The van der Waals surface area contributed by atoms with Crippen LogP contribution < -0.4 is 9.47 Å². The van der Waals surface area contributed by atoms with Crippen LogP contribution in [0.5, 0.6) is 11.5 Å². The van der Waals surface area contributed by atoms with Gasteiger partial charge in [-0.15, -0.1) is 0 Å². The third-order valence-electron chi connectivity index (χ3n) is 5.45. The van der Waals surface area contributed by atoms with Gasteiger partial charge in [-0.25, -0.2) is 4.79 Å². The summed E-state index contributed by atoms with van der Waals surface area (Å²) in [5, 5.41) is 20.8. The molecule has 2 N–H and O–H groups in total. The van der Waals surface area contributed by atoms with Gasteiger partial charge in [0.15, 0.2) is 11.5 Å². The van der Waals surface area contributed by atoms with Crippen molar-refractivity contribution < 1.29 is 24.5 Å². The third-order valence-corrected chi connectivity index (χ3v) is 5.45. The van der Waals surface area contributed by atoms with Crippen LogP contribution in [0.4, 0.5) is 0 Å². The molecule has 1 atom stereocenters. The number of aromatic carboxylic acids is 1. The molecule has 0 spiro atoms. The maximum Gasteiger partial charge on any atom is 0.339 e. The normalized spacial score (nSPS) is 14.7. The average Bonchev–Trinajstić information content (AvgIpc) is 3.25. The zero-order valence-electron chi connectivity index (χ0n) is 16.9. The van der Waals surface area contributed by atoms with E-state index in [0.717, 1.165) is 11.1 Å². The molecule has 1 unspecified atom stereocenters. The van der Waals surface area contributed by atoms with Gasteiger partial charge in [-0.2, -0.15) is 0 Å². The van der Waals surface area contributed by atoms with Crippen molar-refractivity contribution in [3.63, 3.8) is 0 Å². The van der Waals surface area contributed by atoms with Crippen molar-refractivity contribution >= 4 is 5.97 Å². The number of pyridine rings is 1. The number of benzene rings is 3. The molecule has 0 aliphatic carbocycles. The molecule has 0 bridgehead atoms. The number of carboxylic acids is 1. The number of ether oxygens (including phenoxy) is 2. The fourth-order valence-corrected chi connectivity index (χ4v) is 3.90. The smallest absolute Gasteiger partial charge is 0.339 e. The number of fused-ring (bicyclic) bond motifs is 1. The lowest BCUT2D eigenvalue weighted by Crippen LogP contribution is -2.36. The molecule has 2 heterocycles. The van der Waals surface area contributed by atoms with E-state index < -0.39 is 17.9 Å². The second kappa shape index (κ2) is 7.83. The molecule has 1 aliphatic rings. The molecule has 3 aromatic carbocycles. The van der Waals surface area contributed by atoms with E-state index in [1.54, 1.807) is 30.6 Å². The van der Waals surface area contributed by atoms with Crippen LogP contribution in [0.3, 0.4) is 0 Å². The van der Waals surface area contributed by atoms with Gasteiger partial charge in [-0.3, -0.25) is 4.98 Å². The zero-order chi connectivity index (χ0) is 22.1. The summed E-state index contributed by atoms with van der Waals surface area (Å²) in [7, 11) is 0. The summed E-state index contributed by atoms with van der Waals surface area (Å²) in [6.45, 7) is 0. The maximum atomic E-state index is 12.1. The minimum atomic E-state index is -1.35. The number of aliphatic hydroxyl groups is 1. The van der Waals surface area contributed by atoms with E-state index in [9.17, 15) is 15.0 Å². The predicted octanol–water partition coefficient (Wildman–Crippen LogP) is 4.53. The van der Waals surface area contributed by atoms with E-state index >= 15 is 0 Å². The number of carboxylic acid groups (broad SMARTS) is 1. The summed E-state index contributed by atoms with van der Waals surface area (Å²) < 4.78 is 12.7. The summed E-state index contributed by atoms with van der Waals surface area (Å²) >= 11 is 0. The molecule has 1 aliphatic heterocycles. The van der Waals surface area contributed by atoms with Gasteiger partial charge in [-0.05, 0) is 35.4 Å². The van der Waals surface area contributed by atoms with Gasteiger partial charge in [0, 0.05) is 23.5 Å². The van der Waals surface area contributed by atoms with Crippen LogP contribution in [0.15, 0.2) is 97.3 Å². The first-order chi connectivity index (χ1) is 15.6. The molecule has 1 aromatic heterocycles. The quantitative estimate of drug-likeness (QED) is 0.488. The van der Waals surface area contributed by atoms with Crippen molar-refractivity contribution in [2.45, 2.75) is 11.9 Å². The van der Waals surface area contributed by atoms with Crippen molar-refractivity contribution in [3.8, 4) is 11.5 Å². The Kier molecular flexibility index (Phi) is 4.84. The standard InChI is InChI=1S/C26H19NO5/c28-23(17-11-13-27-14-12-17)18-15-21(25(29)30)24-22(16-18)31-26(32-24,19-7-3-1-4-8-19)20-9-5-2-6-10-20/h1-16,23,28H,(H,29,30). The van der Waals surface area contributed by atoms with E-state index in [1.807, 2.05) is 60.7 Å². The van der Waals surface area contributed by atoms with Crippen molar-refractivity contribution in [2.75, 3.05) is 0 Å². The van der Waals surface area contributed by atoms with Gasteiger partial charge in [0.2, 0.25) is 0 Å². The van der Waals surface area contributed by atoms with Gasteiger partial charge >= 0.3 is 11.8 Å². The van der Waals surface area contributed by atoms with Gasteiger partial charge in [0.05, 0.1) is 0 Å². The molecule has 0 saturated carbocycles. The molecule has 6 nitrogen and oxygen atoms in total. The van der Waals surface area contributed by atoms with E-state index in [1.165, 1.54) is 6.07 Å². The first-order valence-electron chi connectivity index (χ1n) is 10.1. The average molecular weight is 425 g/mol. The number of aromatic nitrogens is 1. The van der Waals surface area contributed by atoms with Crippen LogP contribution in [0.2, 0.25) is 0 Å². The summed E-state index contributed by atoms with van der Waals surface area (Å²) in [4.78, 5) is 16.1. The lowest BCUT2D eigenvalue weighted by Gasteiger charge is -2.28. The Balaban J connectivity index is 1.66. The summed E-state index contributed by atoms with van der Waals surface area (Å²) in [5.41, 5.74) is 2.32. The fraction of sp³-hybridized carbons (Fsp3) is 0.0769. The third kappa shape index (κ3) is 3.27. The highest BCUT2D eigenvalue weighted by Crippen LogP contribution is 2.50. The molecule has 158 valence electrons. The fourth-order valence-electron chi connectivity index (χ4n) is 3.90. The summed E-state index contributed by atoms with van der Waals surface area (Å²) in [5.74, 6) is -2.16. The highest BCUT2D eigenvalue weighted by molar-refractivity contribution is 5.93. The van der Waals surface area contributed by atoms with E-state index in [4.69, 9.17) is 9.47 Å². The first kappa shape index (κ1) is 19.8. The van der Waals surface area contributed by atoms with E-state index in [2.05, 4.69) is 4.98 Å². The van der Waals surface area contributed by atoms with Gasteiger partial charge in [-0.1, -0.05) is 60.7 Å². The Morgan fingerprint density at radius 1 is 0.812 bits per heavy atom. The predicted molar refractivity (Wildman–Crippen MR) is 117 cm³/mol. The Bertz CT molecular complexity index is 1220. The topological polar surface area (TPSA) is 88.9 Å². The molecule has 0 saturated heterocycles. The molecule has 6 heteroatoms. The van der Waals surface area contributed by atoms with E-state index in [0.29, 0.717) is 11.1 Å². The second-order valence-corrected chi connectivity index (χ2v) is 7.44. The largest absolute Gasteiger partial charge is 0.478 e. The van der Waals surface area contributed by atoms with E-state index in [-0.39, 0.29) is 17.1 Å².